The number of nitrogens with one attached hydrogen (secondary N) is 3. The Kier molecular flexibility index (Phi) is 8.12. The number of nitrogens with zero attached hydrogens (tertiary/aromatic N) is 2. The Balaban J connectivity index is 1.86. The average molecular weight is 574 g/mol. The highest BCUT2D eigenvalue weighted by Gasteiger charge is 2.51. The molecule has 0 unspecified atom stereocenters. The number of halogens is 4. The van der Waals surface area contributed by atoms with Crippen LogP contribution >= 0.6 is 15.9 Å². The van der Waals surface area contributed by atoms with Crippen molar-refractivity contribution in [1.82, 2.24) is 16.1 Å². The molecular weight excluding hydrogens is 551 g/mol. The quantitative estimate of drug-likeness (QED) is 0.446. The van der Waals surface area contributed by atoms with E-state index in [1.807, 2.05) is 0 Å². The van der Waals surface area contributed by atoms with E-state index in [2.05, 4.69) is 47.9 Å². The first-order chi connectivity index (χ1) is 16.9. The summed E-state index contributed by atoms with van der Waals surface area (Å²) in [6, 6.07) is 3.77. The maximum absolute atomic E-state index is 14.2. The number of carbonyl (C=O) groups excluding carboxylic acids is 3. The van der Waals surface area contributed by atoms with Gasteiger partial charge in [-0.05, 0) is 67.1 Å². The molecule has 1 aliphatic carbocycles. The van der Waals surface area contributed by atoms with Crippen molar-refractivity contribution in [2.75, 3.05) is 7.05 Å². The third kappa shape index (κ3) is 5.72. The van der Waals surface area contributed by atoms with E-state index in [0.717, 1.165) is 12.1 Å². The maximum atomic E-state index is 14.2. The first kappa shape index (κ1) is 27.3. The van der Waals surface area contributed by atoms with Gasteiger partial charge in [-0.1, -0.05) is 0 Å². The van der Waals surface area contributed by atoms with Crippen LogP contribution in [0.5, 0.6) is 5.75 Å². The maximum Gasteiger partial charge on any atom is 0.428 e. The molecule has 1 atom stereocenters. The van der Waals surface area contributed by atoms with Crippen molar-refractivity contribution in [3.05, 3.63) is 28.0 Å². The minimum absolute atomic E-state index is 0.137. The molecule has 36 heavy (non-hydrogen) atoms. The highest BCUT2D eigenvalue weighted by atomic mass is 79.9. The molecule has 1 saturated carbocycles. The van der Waals surface area contributed by atoms with Crippen LogP contribution in [-0.2, 0) is 14.3 Å². The van der Waals surface area contributed by atoms with Crippen molar-refractivity contribution in [2.24, 2.45) is 10.5 Å². The summed E-state index contributed by atoms with van der Waals surface area (Å²) in [5.41, 5.74) is 0.275. The Morgan fingerprint density at radius 2 is 1.97 bits per heavy atom. The second-order valence-corrected chi connectivity index (χ2v) is 9.50. The van der Waals surface area contributed by atoms with Crippen molar-refractivity contribution in [2.45, 2.75) is 57.3 Å². The van der Waals surface area contributed by atoms with Gasteiger partial charge < -0.3 is 20.1 Å². The van der Waals surface area contributed by atoms with Crippen LogP contribution in [0.2, 0.25) is 0 Å². The number of nitriles is 1. The molecule has 3 rings (SSSR count). The number of hydrazone groups is 1. The van der Waals surface area contributed by atoms with Crippen LogP contribution in [0.15, 0.2) is 21.7 Å². The fourth-order valence-electron chi connectivity index (χ4n) is 4.53. The normalized spacial score (nSPS) is 24.2. The van der Waals surface area contributed by atoms with E-state index < -0.39 is 53.1 Å². The van der Waals surface area contributed by atoms with E-state index in [9.17, 15) is 32.8 Å². The lowest BCUT2D eigenvalue weighted by atomic mass is 9.65. The molecule has 1 aromatic carbocycles. The molecule has 0 radical (unpaired) electrons. The Bertz CT molecular complexity index is 1130. The fraction of sp³-hybridized carbons (Fsp3) is 0.500. The van der Waals surface area contributed by atoms with Crippen LogP contribution in [0.3, 0.4) is 0 Å². The van der Waals surface area contributed by atoms with Crippen LogP contribution in [0.4, 0.5) is 18.0 Å². The molecule has 194 valence electrons. The van der Waals surface area contributed by atoms with Crippen LogP contribution in [0.25, 0.3) is 0 Å². The van der Waals surface area contributed by atoms with Crippen molar-refractivity contribution < 1.29 is 37.0 Å². The van der Waals surface area contributed by atoms with Crippen LogP contribution in [0, 0.1) is 22.6 Å². The van der Waals surface area contributed by atoms with Gasteiger partial charge in [0.25, 0.3) is 0 Å². The van der Waals surface area contributed by atoms with E-state index >= 15 is 0 Å². The van der Waals surface area contributed by atoms with Gasteiger partial charge >= 0.3 is 24.5 Å². The monoisotopic (exact) mass is 573 g/mol. The van der Waals surface area contributed by atoms with Crippen LogP contribution in [-0.4, -0.2) is 48.9 Å². The summed E-state index contributed by atoms with van der Waals surface area (Å²) in [5.74, 6) is -3.37. The molecule has 0 aromatic heterocycles. The smallest absolute Gasteiger partial charge is 0.428 e. The van der Waals surface area contributed by atoms with Crippen LogP contribution in [0.1, 0.15) is 44.6 Å². The Morgan fingerprint density at radius 3 is 2.56 bits per heavy atom. The number of benzene rings is 1. The summed E-state index contributed by atoms with van der Waals surface area (Å²) in [5, 5.41) is 18.8. The zero-order valence-electron chi connectivity index (χ0n) is 19.3. The number of likely N-dealkylation sites (N-methyl/N-ethyl adjacent to an activating group) is 1. The van der Waals surface area contributed by atoms with Crippen molar-refractivity contribution in [3.8, 4) is 11.8 Å². The second kappa shape index (κ2) is 10.7. The average Bonchev–Trinajstić information content (AvgIpc) is 2.82. The third-order valence-electron chi connectivity index (χ3n) is 6.23. The lowest BCUT2D eigenvalue weighted by Gasteiger charge is -2.45. The molecule has 1 heterocycles. The van der Waals surface area contributed by atoms with Crippen LogP contribution < -0.4 is 20.8 Å². The molecule has 0 saturated heterocycles. The van der Waals surface area contributed by atoms with Gasteiger partial charge in [0.2, 0.25) is 0 Å². The number of amides is 3. The Morgan fingerprint density at radius 1 is 1.31 bits per heavy atom. The summed E-state index contributed by atoms with van der Waals surface area (Å²) in [7, 11) is 1.32. The molecule has 1 spiro atoms. The van der Waals surface area contributed by atoms with Crippen molar-refractivity contribution in [1.29, 1.82) is 5.26 Å². The number of rotatable bonds is 6. The van der Waals surface area contributed by atoms with Gasteiger partial charge in [0.1, 0.15) is 5.71 Å². The summed E-state index contributed by atoms with van der Waals surface area (Å²) in [6.45, 7) is -1.59. The molecule has 10 nitrogen and oxygen atoms in total. The SMILES string of the molecule is CNC(=O)C(=O)N[C@@H](C)CC1(C#N)CCC2(CC1)OC(=O)NN=C2c1cc(OC(F)F)c(F)cc1Br. The largest absolute Gasteiger partial charge is 0.435 e. The first-order valence-electron chi connectivity index (χ1n) is 10.9. The molecule has 3 amide bonds. The minimum atomic E-state index is -3.26. The summed E-state index contributed by atoms with van der Waals surface area (Å²) in [6.07, 6.45) is 0.129. The first-order valence-corrected chi connectivity index (χ1v) is 11.7. The highest BCUT2D eigenvalue weighted by Crippen LogP contribution is 2.48. The van der Waals surface area contributed by atoms with E-state index in [-0.39, 0.29) is 47.9 Å². The molecule has 1 fully saturated rings. The third-order valence-corrected chi connectivity index (χ3v) is 6.89. The predicted octanol–water partition coefficient (Wildman–Crippen LogP) is 3.10. The standard InChI is InChI=1S/C22H23BrF3N5O5/c1-11(29-18(33)17(32)28-2)9-21(10-27)3-5-22(6-4-21)16(30-31-20(34)36-22)12-7-15(35-19(25)26)14(24)8-13(12)23/h7-8,11,19H,3-6,9H2,1-2H3,(H,28,32)(H,29,33)(H,31,34)/t11-,21?,22?/m0/s1. The van der Waals surface area contributed by atoms with E-state index in [1.54, 1.807) is 6.92 Å². The topological polar surface area (TPSA) is 142 Å². The fourth-order valence-corrected chi connectivity index (χ4v) is 5.03. The zero-order valence-corrected chi connectivity index (χ0v) is 20.9. The van der Waals surface area contributed by atoms with Crippen molar-refractivity contribution >= 4 is 39.5 Å². The number of carbonyl (C=O) groups is 3. The number of hydrogen-bond acceptors (Lipinski definition) is 7. The van der Waals surface area contributed by atoms with Gasteiger partial charge in [-0.2, -0.15) is 19.1 Å². The lowest BCUT2D eigenvalue weighted by Crippen LogP contribution is -2.54. The molecule has 0 bridgehead atoms. The molecule has 14 heteroatoms. The molecule has 1 aliphatic heterocycles. The van der Waals surface area contributed by atoms with Gasteiger partial charge in [-0.3, -0.25) is 9.59 Å². The Labute approximate surface area is 212 Å². The van der Waals surface area contributed by atoms with Gasteiger partial charge in [0, 0.05) is 23.1 Å². The molecular formula is C22H23BrF3N5O5. The number of hydrogen-bond donors (Lipinski definition) is 3. The summed E-state index contributed by atoms with van der Waals surface area (Å²) in [4.78, 5) is 35.5. The number of alkyl halides is 2. The highest BCUT2D eigenvalue weighted by molar-refractivity contribution is 9.10. The second-order valence-electron chi connectivity index (χ2n) is 8.65. The molecule has 3 N–H and O–H groups in total. The molecule has 2 aliphatic rings. The van der Waals surface area contributed by atoms with Crippen molar-refractivity contribution in [3.63, 3.8) is 0 Å². The van der Waals surface area contributed by atoms with Gasteiger partial charge in [0.15, 0.2) is 17.2 Å². The van der Waals surface area contributed by atoms with Gasteiger partial charge in [-0.15, -0.1) is 0 Å². The van der Waals surface area contributed by atoms with Gasteiger partial charge in [-0.25, -0.2) is 14.6 Å². The van der Waals surface area contributed by atoms with E-state index in [0.29, 0.717) is 0 Å². The predicted molar refractivity (Wildman–Crippen MR) is 122 cm³/mol. The summed E-state index contributed by atoms with van der Waals surface area (Å²) < 4.78 is 49.7. The zero-order chi connectivity index (χ0) is 26.7. The van der Waals surface area contributed by atoms with E-state index in [1.165, 1.54) is 7.05 Å². The summed E-state index contributed by atoms with van der Waals surface area (Å²) >= 11 is 3.20. The van der Waals surface area contributed by atoms with E-state index in [4.69, 9.17) is 4.74 Å². The lowest BCUT2D eigenvalue weighted by molar-refractivity contribution is -0.139. The minimum Gasteiger partial charge on any atom is -0.435 e. The Hall–Kier alpha value is -3.34. The number of ether oxygens (including phenoxy) is 2. The molecule has 1 aromatic rings. The van der Waals surface area contributed by atoms with Gasteiger partial charge in [0.05, 0.1) is 11.5 Å².